The second kappa shape index (κ2) is 6.41. The lowest BCUT2D eigenvalue weighted by molar-refractivity contribution is 1.51. The number of hydrogen-bond donors (Lipinski definition) is 0. The average Bonchev–Trinajstić information content (AvgIpc) is 2.57. The fourth-order valence-corrected chi connectivity index (χ4v) is 8.88. The predicted octanol–water partition coefficient (Wildman–Crippen LogP) is 8.77. The number of fused-ring (bicyclic) bond motifs is 2. The number of hydrogen-bond acceptors (Lipinski definition) is 0. The van der Waals surface area contributed by atoms with E-state index in [1.807, 2.05) is 0 Å². The van der Waals surface area contributed by atoms with E-state index in [0.717, 1.165) is 0 Å². The third kappa shape index (κ3) is 2.39. The first kappa shape index (κ1) is 18.4. The molecule has 0 aliphatic carbocycles. The molecule has 0 nitrogen and oxygen atoms in total. The van der Waals surface area contributed by atoms with Crippen molar-refractivity contribution in [2.24, 2.45) is 0 Å². The molecule has 128 valence electrons. The zero-order valence-electron chi connectivity index (χ0n) is 14.0. The van der Waals surface area contributed by atoms with Gasteiger partial charge in [0.2, 0.25) is 0 Å². The monoisotopic (exact) mass is 784 g/mol. The van der Waals surface area contributed by atoms with Gasteiger partial charge in [-0.2, -0.15) is 0 Å². The molecule has 0 saturated carbocycles. The van der Waals surface area contributed by atoms with Gasteiger partial charge in [0.25, 0.3) is 0 Å². The Hall–Kier alpha value is 0.320. The standard InChI is InChI=1S/C22H12I4/c1-9-7-15(25)21-13(23)6-4-12-18-10(2)8-16(26)22-14(24)5-3-11(20(18)22)17(9)19(12)21/h3-8H,1-2H3. The van der Waals surface area contributed by atoms with Gasteiger partial charge in [-0.3, -0.25) is 0 Å². The Morgan fingerprint density at radius 1 is 0.462 bits per heavy atom. The van der Waals surface area contributed by atoms with Crippen molar-refractivity contribution in [3.8, 4) is 0 Å². The van der Waals surface area contributed by atoms with Gasteiger partial charge in [0, 0.05) is 25.1 Å². The lowest BCUT2D eigenvalue weighted by Crippen LogP contribution is -1.96. The SMILES string of the molecule is Cc1cc(I)c2c(I)ccc3c4c(C)cc(I)c5c(I)ccc(c1c23)c54. The van der Waals surface area contributed by atoms with E-state index in [0.29, 0.717) is 0 Å². The van der Waals surface area contributed by atoms with Crippen molar-refractivity contribution in [2.75, 3.05) is 0 Å². The van der Waals surface area contributed by atoms with E-state index in [4.69, 9.17) is 0 Å². The molecule has 5 aromatic carbocycles. The lowest BCUT2D eigenvalue weighted by Gasteiger charge is -2.20. The van der Waals surface area contributed by atoms with Gasteiger partial charge in [-0.1, -0.05) is 12.1 Å². The molecule has 4 heteroatoms. The van der Waals surface area contributed by atoms with Crippen LogP contribution in [0.4, 0.5) is 0 Å². The highest BCUT2D eigenvalue weighted by Crippen LogP contribution is 2.46. The van der Waals surface area contributed by atoms with Crippen LogP contribution in [0.5, 0.6) is 0 Å². The third-order valence-corrected chi connectivity index (χ3v) is 8.80. The summed E-state index contributed by atoms with van der Waals surface area (Å²) in [6, 6.07) is 13.9. The first-order valence-corrected chi connectivity index (χ1v) is 12.5. The summed E-state index contributed by atoms with van der Waals surface area (Å²) in [6.45, 7) is 4.52. The first-order valence-electron chi connectivity index (χ1n) is 8.23. The molecule has 5 aromatic rings. The highest BCUT2D eigenvalue weighted by molar-refractivity contribution is 14.1. The maximum atomic E-state index is 2.50. The van der Waals surface area contributed by atoms with Crippen LogP contribution in [-0.2, 0) is 0 Å². The summed E-state index contributed by atoms with van der Waals surface area (Å²) >= 11 is 9.98. The quantitative estimate of drug-likeness (QED) is 0.0838. The van der Waals surface area contributed by atoms with E-state index in [1.165, 1.54) is 68.5 Å². The molecule has 0 heterocycles. The van der Waals surface area contributed by atoms with Gasteiger partial charge >= 0.3 is 0 Å². The fourth-order valence-electron chi connectivity index (χ4n) is 4.31. The zero-order valence-corrected chi connectivity index (χ0v) is 22.6. The van der Waals surface area contributed by atoms with Crippen LogP contribution in [0.1, 0.15) is 11.1 Å². The Labute approximate surface area is 206 Å². The van der Waals surface area contributed by atoms with E-state index in [2.05, 4.69) is 141 Å². The normalized spacial score (nSPS) is 12.2. The van der Waals surface area contributed by atoms with Crippen LogP contribution in [0, 0.1) is 28.1 Å². The van der Waals surface area contributed by atoms with E-state index in [1.54, 1.807) is 0 Å². The minimum Gasteiger partial charge on any atom is -0.0526 e. The molecule has 0 bridgehead atoms. The summed E-state index contributed by atoms with van der Waals surface area (Å²) in [4.78, 5) is 0. The molecule has 26 heavy (non-hydrogen) atoms. The molecule has 0 amide bonds. The number of rotatable bonds is 0. The van der Waals surface area contributed by atoms with Gasteiger partial charge in [-0.05, 0) is 172 Å². The third-order valence-electron chi connectivity index (χ3n) is 5.30. The maximum absolute atomic E-state index is 2.50. The Morgan fingerprint density at radius 3 is 1.23 bits per heavy atom. The Bertz CT molecular complexity index is 1270. The Balaban J connectivity index is 2.32. The zero-order chi connectivity index (χ0) is 18.3. The molecule has 0 aliphatic heterocycles. The van der Waals surface area contributed by atoms with Crippen molar-refractivity contribution in [1.29, 1.82) is 0 Å². The summed E-state index contributed by atoms with van der Waals surface area (Å²) < 4.78 is 5.36. The van der Waals surface area contributed by atoms with Crippen molar-refractivity contribution in [2.45, 2.75) is 13.8 Å². The first-order chi connectivity index (χ1) is 12.4. The van der Waals surface area contributed by atoms with E-state index >= 15 is 0 Å². The summed E-state index contributed by atoms with van der Waals surface area (Å²) in [5.74, 6) is 0. The molecule has 0 fully saturated rings. The summed E-state index contributed by atoms with van der Waals surface area (Å²) in [5, 5.41) is 11.3. The molecule has 0 spiro atoms. The molecule has 0 saturated heterocycles. The van der Waals surface area contributed by atoms with Crippen LogP contribution < -0.4 is 0 Å². The largest absolute Gasteiger partial charge is 0.0526 e. The molecule has 0 radical (unpaired) electrons. The van der Waals surface area contributed by atoms with Gasteiger partial charge in [0.15, 0.2) is 0 Å². The van der Waals surface area contributed by atoms with Crippen molar-refractivity contribution < 1.29 is 0 Å². The summed E-state index contributed by atoms with van der Waals surface area (Å²) in [5.41, 5.74) is 2.74. The van der Waals surface area contributed by atoms with E-state index in [-0.39, 0.29) is 0 Å². The Kier molecular flexibility index (Phi) is 4.53. The molecule has 0 unspecified atom stereocenters. The second-order valence-corrected chi connectivity index (χ2v) is 11.4. The second-order valence-electron chi connectivity index (χ2n) is 6.79. The van der Waals surface area contributed by atoms with Crippen LogP contribution >= 0.6 is 90.4 Å². The molecule has 0 N–H and O–H groups in total. The molecule has 0 atom stereocenters. The van der Waals surface area contributed by atoms with Crippen LogP contribution in [0.25, 0.3) is 43.1 Å². The van der Waals surface area contributed by atoms with Crippen molar-refractivity contribution in [1.82, 2.24) is 0 Å². The number of benzene rings is 5. The summed E-state index contributed by atoms with van der Waals surface area (Å²) in [7, 11) is 0. The smallest absolute Gasteiger partial charge is 0.0222 e. The van der Waals surface area contributed by atoms with Crippen LogP contribution in [-0.4, -0.2) is 0 Å². The van der Waals surface area contributed by atoms with Gasteiger partial charge in [-0.15, -0.1) is 0 Å². The highest BCUT2D eigenvalue weighted by atomic mass is 127. The van der Waals surface area contributed by atoms with Crippen LogP contribution in [0.2, 0.25) is 0 Å². The molecule has 5 rings (SSSR count). The number of halogens is 4. The molecule has 0 aliphatic rings. The fraction of sp³-hybridized carbons (Fsp3) is 0.0909. The van der Waals surface area contributed by atoms with Gasteiger partial charge in [0.1, 0.15) is 0 Å². The van der Waals surface area contributed by atoms with Crippen molar-refractivity contribution in [3.05, 3.63) is 61.8 Å². The average molecular weight is 784 g/mol. The molecular formula is C22H12I4. The van der Waals surface area contributed by atoms with Crippen LogP contribution in [0.3, 0.4) is 0 Å². The van der Waals surface area contributed by atoms with E-state index in [9.17, 15) is 0 Å². The topological polar surface area (TPSA) is 0 Å². The number of aryl methyl sites for hydroxylation is 2. The van der Waals surface area contributed by atoms with Crippen molar-refractivity contribution >= 4 is 133 Å². The molecular weight excluding hydrogens is 772 g/mol. The van der Waals surface area contributed by atoms with Gasteiger partial charge in [-0.25, -0.2) is 0 Å². The van der Waals surface area contributed by atoms with Crippen molar-refractivity contribution in [3.63, 3.8) is 0 Å². The minimum atomic E-state index is 1.33. The minimum absolute atomic E-state index is 1.33. The van der Waals surface area contributed by atoms with Crippen LogP contribution in [0.15, 0.2) is 36.4 Å². The predicted molar refractivity (Wildman–Crippen MR) is 148 cm³/mol. The lowest BCUT2D eigenvalue weighted by atomic mass is 9.86. The van der Waals surface area contributed by atoms with E-state index < -0.39 is 0 Å². The Morgan fingerprint density at radius 2 is 0.846 bits per heavy atom. The van der Waals surface area contributed by atoms with Gasteiger partial charge < -0.3 is 0 Å². The van der Waals surface area contributed by atoms with Gasteiger partial charge in [0.05, 0.1) is 0 Å². The maximum Gasteiger partial charge on any atom is 0.0222 e. The summed E-state index contributed by atoms with van der Waals surface area (Å²) in [6.07, 6.45) is 0. The molecule has 0 aromatic heterocycles. The highest BCUT2D eigenvalue weighted by Gasteiger charge is 2.20.